The number of alkyl halides is 3. The van der Waals surface area contributed by atoms with Gasteiger partial charge in [-0.05, 0) is 48.9 Å². The van der Waals surface area contributed by atoms with Gasteiger partial charge in [0, 0.05) is 34.8 Å². The highest BCUT2D eigenvalue weighted by Crippen LogP contribution is 2.36. The van der Waals surface area contributed by atoms with Crippen molar-refractivity contribution in [2.24, 2.45) is 5.73 Å². The smallest absolute Gasteiger partial charge is 0.416 e. The van der Waals surface area contributed by atoms with E-state index in [0.29, 0.717) is 46.0 Å². The third-order valence-electron chi connectivity index (χ3n) is 5.91. The summed E-state index contributed by atoms with van der Waals surface area (Å²) in [6, 6.07) is 12.6. The van der Waals surface area contributed by atoms with Crippen LogP contribution in [0.5, 0.6) is 11.5 Å². The van der Waals surface area contributed by atoms with Crippen molar-refractivity contribution in [3.63, 3.8) is 0 Å². The van der Waals surface area contributed by atoms with Crippen molar-refractivity contribution in [2.75, 3.05) is 31.0 Å². The van der Waals surface area contributed by atoms with Gasteiger partial charge in [0.05, 0.1) is 31.4 Å². The number of carbonyl (C=O) groups excluding carboxylic acids is 2. The lowest BCUT2D eigenvalue weighted by atomic mass is 10.1. The Morgan fingerprint density at radius 3 is 2.54 bits per heavy atom. The zero-order chi connectivity index (χ0) is 29.6. The predicted octanol–water partition coefficient (Wildman–Crippen LogP) is 5.83. The number of amides is 2. The van der Waals surface area contributed by atoms with Crippen molar-refractivity contribution in [3.05, 3.63) is 77.6 Å². The molecule has 0 spiro atoms. The molecular formula is C28H26F3N5O5. The van der Waals surface area contributed by atoms with E-state index in [1.54, 1.807) is 30.3 Å². The summed E-state index contributed by atoms with van der Waals surface area (Å²) in [5, 5.41) is 6.49. The number of nitrogens with two attached hydrogens (primary N) is 1. The number of hydrogen-bond acceptors (Lipinski definition) is 8. The number of aryl methyl sites for hydroxylation is 1. The number of fused-ring (bicyclic) bond motifs is 1. The van der Waals surface area contributed by atoms with Crippen LogP contribution in [0.3, 0.4) is 0 Å². The number of ether oxygens (including phenoxy) is 3. The van der Waals surface area contributed by atoms with Gasteiger partial charge in [0.15, 0.2) is 11.5 Å². The highest BCUT2D eigenvalue weighted by Gasteiger charge is 2.31. The maximum absolute atomic E-state index is 13.1. The molecule has 0 aliphatic heterocycles. The van der Waals surface area contributed by atoms with Crippen LogP contribution in [0.4, 0.5) is 35.2 Å². The van der Waals surface area contributed by atoms with Gasteiger partial charge in [-0.1, -0.05) is 12.1 Å². The molecule has 0 fully saturated rings. The number of nitrogens with one attached hydrogen (secondary N) is 2. The fourth-order valence-corrected chi connectivity index (χ4v) is 3.85. The van der Waals surface area contributed by atoms with Gasteiger partial charge in [0.1, 0.15) is 12.1 Å². The van der Waals surface area contributed by atoms with Crippen LogP contribution in [-0.2, 0) is 10.9 Å². The molecule has 0 aliphatic rings. The van der Waals surface area contributed by atoms with E-state index in [2.05, 4.69) is 20.6 Å². The van der Waals surface area contributed by atoms with Crippen molar-refractivity contribution in [1.29, 1.82) is 0 Å². The van der Waals surface area contributed by atoms with Gasteiger partial charge in [-0.3, -0.25) is 4.79 Å². The second-order valence-corrected chi connectivity index (χ2v) is 8.80. The van der Waals surface area contributed by atoms with Crippen LogP contribution in [-0.4, -0.2) is 42.3 Å². The Kier molecular flexibility index (Phi) is 8.75. The standard InChI is InChI=1S/C28H26F3N5O5/c1-16-7-8-19(35-26(37)17-5-3-6-18(11-17)28(29,30)31)12-21(16)36-25-20-13-23(39-2)24(14-22(20)33-15-34-25)40-9-4-10-41-27(32)38/h3,5-8,11-15H,4,9-10H2,1-2H3,(H2,32,38)(H,35,37)(H,33,34,36). The molecule has 3 aromatic carbocycles. The molecule has 2 amide bonds. The minimum absolute atomic E-state index is 0.111. The Hall–Kier alpha value is -5.07. The van der Waals surface area contributed by atoms with Crippen molar-refractivity contribution in [2.45, 2.75) is 19.5 Å². The molecule has 4 aromatic rings. The van der Waals surface area contributed by atoms with Gasteiger partial charge in [-0.15, -0.1) is 0 Å². The first-order chi connectivity index (χ1) is 19.5. The first-order valence-corrected chi connectivity index (χ1v) is 12.3. The number of aromatic nitrogens is 2. The third-order valence-corrected chi connectivity index (χ3v) is 5.91. The highest BCUT2D eigenvalue weighted by atomic mass is 19.4. The van der Waals surface area contributed by atoms with Gasteiger partial charge in [0.25, 0.3) is 5.91 Å². The maximum Gasteiger partial charge on any atom is 0.416 e. The summed E-state index contributed by atoms with van der Waals surface area (Å²) in [6.45, 7) is 2.20. The number of benzene rings is 3. The van der Waals surface area contributed by atoms with Crippen LogP contribution in [0.25, 0.3) is 10.9 Å². The number of halogens is 3. The second-order valence-electron chi connectivity index (χ2n) is 8.80. The molecule has 0 radical (unpaired) electrons. The van der Waals surface area contributed by atoms with E-state index in [4.69, 9.17) is 19.9 Å². The molecule has 1 aromatic heterocycles. The molecular weight excluding hydrogens is 543 g/mol. The minimum Gasteiger partial charge on any atom is -0.493 e. The summed E-state index contributed by atoms with van der Waals surface area (Å²) in [5.74, 6) is 0.611. The molecule has 4 N–H and O–H groups in total. The summed E-state index contributed by atoms with van der Waals surface area (Å²) < 4.78 is 55.1. The summed E-state index contributed by atoms with van der Waals surface area (Å²) in [7, 11) is 1.49. The number of methoxy groups -OCH3 is 1. The quantitative estimate of drug-likeness (QED) is 0.203. The topological polar surface area (TPSA) is 138 Å². The molecule has 0 bridgehead atoms. The first-order valence-electron chi connectivity index (χ1n) is 12.3. The van der Waals surface area contributed by atoms with E-state index in [0.717, 1.165) is 17.7 Å². The summed E-state index contributed by atoms with van der Waals surface area (Å²) in [6.07, 6.45) is -3.63. The zero-order valence-electron chi connectivity index (χ0n) is 22.0. The molecule has 0 unspecified atom stereocenters. The van der Waals surface area contributed by atoms with Gasteiger partial charge >= 0.3 is 12.3 Å². The molecule has 0 saturated carbocycles. The lowest BCUT2D eigenvalue weighted by Gasteiger charge is -2.15. The number of nitrogens with zero attached hydrogens (tertiary/aromatic N) is 2. The largest absolute Gasteiger partial charge is 0.493 e. The number of primary amides is 1. The van der Waals surface area contributed by atoms with E-state index in [9.17, 15) is 22.8 Å². The molecule has 41 heavy (non-hydrogen) atoms. The van der Waals surface area contributed by atoms with E-state index < -0.39 is 23.7 Å². The SMILES string of the molecule is COc1cc2c(Nc3cc(NC(=O)c4cccc(C(F)(F)F)c4)ccc3C)ncnc2cc1OCCCOC(N)=O. The third kappa shape index (κ3) is 7.32. The van der Waals surface area contributed by atoms with Crippen molar-refractivity contribution >= 4 is 40.1 Å². The van der Waals surface area contributed by atoms with Crippen molar-refractivity contribution < 1.29 is 37.0 Å². The van der Waals surface area contributed by atoms with E-state index in [1.165, 1.54) is 25.6 Å². The van der Waals surface area contributed by atoms with Gasteiger partial charge in [0.2, 0.25) is 0 Å². The Morgan fingerprint density at radius 2 is 1.80 bits per heavy atom. The lowest BCUT2D eigenvalue weighted by Crippen LogP contribution is -2.15. The highest BCUT2D eigenvalue weighted by molar-refractivity contribution is 6.04. The number of rotatable bonds is 10. The number of carbonyl (C=O) groups is 2. The van der Waals surface area contributed by atoms with E-state index in [1.807, 2.05) is 6.92 Å². The average molecular weight is 570 g/mol. The molecule has 214 valence electrons. The van der Waals surface area contributed by atoms with Gasteiger partial charge < -0.3 is 30.6 Å². The van der Waals surface area contributed by atoms with Gasteiger partial charge in [-0.2, -0.15) is 13.2 Å². The predicted molar refractivity (Wildman–Crippen MR) is 146 cm³/mol. The summed E-state index contributed by atoms with van der Waals surface area (Å²) in [4.78, 5) is 32.1. The minimum atomic E-state index is -4.56. The monoisotopic (exact) mass is 569 g/mol. The number of hydrogen-bond donors (Lipinski definition) is 3. The Morgan fingerprint density at radius 1 is 1.00 bits per heavy atom. The van der Waals surface area contributed by atoms with Gasteiger partial charge in [-0.25, -0.2) is 14.8 Å². The molecule has 0 atom stereocenters. The van der Waals surface area contributed by atoms with E-state index in [-0.39, 0.29) is 18.8 Å². The van der Waals surface area contributed by atoms with Crippen LogP contribution < -0.4 is 25.8 Å². The number of anilines is 3. The Bertz CT molecular complexity index is 1580. The van der Waals surface area contributed by atoms with Crippen LogP contribution in [0, 0.1) is 6.92 Å². The van der Waals surface area contributed by atoms with Crippen LogP contribution in [0.2, 0.25) is 0 Å². The van der Waals surface area contributed by atoms with E-state index >= 15 is 0 Å². The average Bonchev–Trinajstić information content (AvgIpc) is 2.93. The Balaban J connectivity index is 1.54. The summed E-state index contributed by atoms with van der Waals surface area (Å²) in [5.41, 5.74) is 6.26. The van der Waals surface area contributed by atoms with Crippen LogP contribution in [0.1, 0.15) is 27.9 Å². The second kappa shape index (κ2) is 12.4. The fraction of sp³-hybridized carbons (Fsp3) is 0.214. The molecule has 1 heterocycles. The molecule has 13 heteroatoms. The molecule has 0 saturated heterocycles. The van der Waals surface area contributed by atoms with Crippen LogP contribution in [0.15, 0.2) is 60.9 Å². The summed E-state index contributed by atoms with van der Waals surface area (Å²) >= 11 is 0. The first kappa shape index (κ1) is 28.9. The lowest BCUT2D eigenvalue weighted by molar-refractivity contribution is -0.137. The normalized spacial score (nSPS) is 11.1. The molecule has 0 aliphatic carbocycles. The van der Waals surface area contributed by atoms with Crippen molar-refractivity contribution in [3.8, 4) is 11.5 Å². The maximum atomic E-state index is 13.1. The Labute approximate surface area is 232 Å². The van der Waals surface area contributed by atoms with Crippen LogP contribution >= 0.6 is 0 Å². The molecule has 4 rings (SSSR count). The molecule has 10 nitrogen and oxygen atoms in total. The fourth-order valence-electron chi connectivity index (χ4n) is 3.85. The zero-order valence-corrected chi connectivity index (χ0v) is 22.0. The van der Waals surface area contributed by atoms with Crippen molar-refractivity contribution in [1.82, 2.24) is 9.97 Å².